The number of imidazole rings is 1. The summed E-state index contributed by atoms with van der Waals surface area (Å²) in [6.45, 7) is 2.70. The van der Waals surface area contributed by atoms with E-state index in [0.717, 1.165) is 37.0 Å². The number of nitrogens with two attached hydrogens (primary N) is 1. The third kappa shape index (κ3) is 3.97. The van der Waals surface area contributed by atoms with E-state index in [2.05, 4.69) is 16.0 Å². The normalized spacial score (nSPS) is 26.5. The number of fused-ring (bicyclic) bond motifs is 1. The first-order chi connectivity index (χ1) is 14.7. The summed E-state index contributed by atoms with van der Waals surface area (Å²) in [5.41, 5.74) is 7.49. The summed E-state index contributed by atoms with van der Waals surface area (Å²) in [4.78, 5) is 13.8. The maximum atomic E-state index is 13.8. The summed E-state index contributed by atoms with van der Waals surface area (Å²) in [5, 5.41) is 13.9. The lowest BCUT2D eigenvalue weighted by atomic mass is 9.70. The molecule has 2 fully saturated rings. The lowest BCUT2D eigenvalue weighted by Crippen LogP contribution is -2.57. The van der Waals surface area contributed by atoms with Crippen LogP contribution in [-0.4, -0.2) is 40.5 Å². The molecule has 6 heteroatoms. The van der Waals surface area contributed by atoms with E-state index < -0.39 is 0 Å². The summed E-state index contributed by atoms with van der Waals surface area (Å²) >= 11 is 0. The van der Waals surface area contributed by atoms with Crippen molar-refractivity contribution in [2.75, 3.05) is 26.2 Å². The number of rotatable bonds is 6. The van der Waals surface area contributed by atoms with Crippen molar-refractivity contribution in [3.05, 3.63) is 34.7 Å². The first-order valence-electron chi connectivity index (χ1n) is 11.9. The lowest BCUT2D eigenvalue weighted by Gasteiger charge is -2.47. The fraction of sp³-hybridized carbons (Fsp3) is 0.708. The van der Waals surface area contributed by atoms with Gasteiger partial charge in [-0.15, -0.1) is 0 Å². The Morgan fingerprint density at radius 3 is 2.50 bits per heavy atom. The van der Waals surface area contributed by atoms with Crippen molar-refractivity contribution in [2.45, 2.75) is 69.9 Å². The maximum absolute atomic E-state index is 13.8. The second-order valence-electron chi connectivity index (χ2n) is 9.40. The Bertz CT molecular complexity index is 881. The van der Waals surface area contributed by atoms with E-state index in [0.29, 0.717) is 19.0 Å². The van der Waals surface area contributed by atoms with Crippen LogP contribution in [-0.2, 0) is 12.1 Å². The van der Waals surface area contributed by atoms with Gasteiger partial charge in [0.05, 0.1) is 16.6 Å². The van der Waals surface area contributed by atoms with Crippen molar-refractivity contribution in [1.82, 2.24) is 14.5 Å². The number of aliphatic hydroxyl groups excluding tert-OH is 1. The third-order valence-corrected chi connectivity index (χ3v) is 7.61. The molecule has 0 radical (unpaired) electrons. The predicted molar refractivity (Wildman–Crippen MR) is 122 cm³/mol. The van der Waals surface area contributed by atoms with Crippen LogP contribution in [0.15, 0.2) is 29.1 Å². The number of nitrogens with one attached hydrogen (secondary N) is 1. The molecule has 1 aromatic carbocycles. The summed E-state index contributed by atoms with van der Waals surface area (Å²) in [6.07, 6.45) is 10.9. The number of para-hydroxylation sites is 2. The highest BCUT2D eigenvalue weighted by atomic mass is 16.3. The maximum Gasteiger partial charge on any atom is 0.329 e. The average molecular weight is 415 g/mol. The molecule has 0 bridgehead atoms. The first-order valence-corrected chi connectivity index (χ1v) is 11.9. The molecule has 2 atom stereocenters. The van der Waals surface area contributed by atoms with E-state index in [4.69, 9.17) is 5.73 Å². The molecule has 1 saturated carbocycles. The van der Waals surface area contributed by atoms with Gasteiger partial charge < -0.3 is 16.2 Å². The summed E-state index contributed by atoms with van der Waals surface area (Å²) in [5.74, 6) is 0.646. The van der Waals surface area contributed by atoms with Crippen molar-refractivity contribution in [3.63, 3.8) is 0 Å². The first kappa shape index (κ1) is 21.6. The zero-order valence-corrected chi connectivity index (χ0v) is 18.2. The van der Waals surface area contributed by atoms with Crippen LogP contribution in [0.3, 0.4) is 0 Å². The van der Waals surface area contributed by atoms with E-state index in [1.807, 2.05) is 22.8 Å². The van der Waals surface area contributed by atoms with Crippen LogP contribution in [0.4, 0.5) is 0 Å². The fourth-order valence-electron chi connectivity index (χ4n) is 6.09. The van der Waals surface area contributed by atoms with Crippen LogP contribution in [0.2, 0.25) is 0 Å². The van der Waals surface area contributed by atoms with Gasteiger partial charge in [0, 0.05) is 32.2 Å². The molecule has 30 heavy (non-hydrogen) atoms. The van der Waals surface area contributed by atoms with E-state index in [1.165, 1.54) is 44.9 Å². The quantitative estimate of drug-likeness (QED) is 0.679. The van der Waals surface area contributed by atoms with Gasteiger partial charge in [-0.3, -0.25) is 9.13 Å². The molecule has 0 unspecified atom stereocenters. The highest BCUT2D eigenvalue weighted by molar-refractivity contribution is 5.76. The van der Waals surface area contributed by atoms with Crippen LogP contribution in [0, 0.1) is 11.8 Å². The third-order valence-electron chi connectivity index (χ3n) is 7.61. The van der Waals surface area contributed by atoms with Gasteiger partial charge in [-0.1, -0.05) is 57.1 Å². The second kappa shape index (κ2) is 9.67. The van der Waals surface area contributed by atoms with Crippen molar-refractivity contribution in [1.29, 1.82) is 0 Å². The van der Waals surface area contributed by atoms with Crippen LogP contribution in [0.5, 0.6) is 0 Å². The number of aliphatic hydroxyl groups is 1. The van der Waals surface area contributed by atoms with Crippen molar-refractivity contribution in [3.8, 4) is 0 Å². The number of aromatic nitrogens is 2. The number of hydrogen-bond acceptors (Lipinski definition) is 4. The molecule has 1 saturated heterocycles. The number of benzene rings is 1. The molecule has 2 heterocycles. The minimum atomic E-state index is -0.347. The van der Waals surface area contributed by atoms with Gasteiger partial charge in [0.2, 0.25) is 0 Å². The van der Waals surface area contributed by atoms with Gasteiger partial charge >= 0.3 is 5.69 Å². The van der Waals surface area contributed by atoms with Crippen LogP contribution < -0.4 is 16.7 Å². The van der Waals surface area contributed by atoms with Crippen LogP contribution in [0.25, 0.3) is 11.0 Å². The number of nitrogens with zero attached hydrogens (tertiary/aromatic N) is 2. The Labute approximate surface area is 179 Å². The van der Waals surface area contributed by atoms with Crippen molar-refractivity contribution in [2.24, 2.45) is 17.6 Å². The standard InChI is InChI=1S/C24H38N4O2/c25-13-15-27-21-10-6-7-11-22(21)28(23(27)30)24(12-14-26-17-20(24)18-29)16-19-8-4-2-1-3-5-9-19/h6-7,10-11,19-20,26,29H,1-5,8-9,12-18,25H2/t20-,24-/m1/s1. The molecule has 6 nitrogen and oxygen atoms in total. The van der Waals surface area contributed by atoms with Crippen LogP contribution in [0.1, 0.15) is 57.8 Å². The molecule has 2 aromatic rings. The Balaban J connectivity index is 1.84. The highest BCUT2D eigenvalue weighted by Gasteiger charge is 2.45. The lowest BCUT2D eigenvalue weighted by molar-refractivity contribution is 0.0375. The Kier molecular flexibility index (Phi) is 6.96. The smallest absolute Gasteiger partial charge is 0.329 e. The van der Waals surface area contributed by atoms with E-state index in [-0.39, 0.29) is 23.8 Å². The Morgan fingerprint density at radius 1 is 1.10 bits per heavy atom. The topological polar surface area (TPSA) is 85.2 Å². The zero-order chi connectivity index (χ0) is 21.0. The Morgan fingerprint density at radius 2 is 1.80 bits per heavy atom. The highest BCUT2D eigenvalue weighted by Crippen LogP contribution is 2.42. The minimum absolute atomic E-state index is 0.0338. The van der Waals surface area contributed by atoms with Gasteiger partial charge in [0.15, 0.2) is 0 Å². The minimum Gasteiger partial charge on any atom is -0.396 e. The summed E-state index contributed by atoms with van der Waals surface area (Å²) < 4.78 is 3.91. The molecule has 4 rings (SSSR count). The molecule has 0 spiro atoms. The van der Waals surface area contributed by atoms with Crippen LogP contribution >= 0.6 is 0 Å². The predicted octanol–water partition coefficient (Wildman–Crippen LogP) is 2.81. The largest absolute Gasteiger partial charge is 0.396 e. The molecular weight excluding hydrogens is 376 g/mol. The summed E-state index contributed by atoms with van der Waals surface area (Å²) in [6, 6.07) is 8.11. The molecular formula is C24H38N4O2. The SMILES string of the molecule is NCCn1c(=O)n([C@@]2(CC3CCCCCCC3)CCNC[C@@H]2CO)c2ccccc21. The summed E-state index contributed by atoms with van der Waals surface area (Å²) in [7, 11) is 0. The average Bonchev–Trinajstić information content (AvgIpc) is 3.02. The van der Waals surface area contributed by atoms with Gasteiger partial charge in [-0.25, -0.2) is 4.79 Å². The van der Waals surface area contributed by atoms with Gasteiger partial charge in [-0.05, 0) is 37.4 Å². The van der Waals surface area contributed by atoms with Gasteiger partial charge in [-0.2, -0.15) is 0 Å². The fourth-order valence-corrected chi connectivity index (χ4v) is 6.09. The number of hydrogen-bond donors (Lipinski definition) is 3. The molecule has 1 aliphatic carbocycles. The molecule has 4 N–H and O–H groups in total. The second-order valence-corrected chi connectivity index (χ2v) is 9.40. The van der Waals surface area contributed by atoms with Crippen molar-refractivity contribution < 1.29 is 5.11 Å². The van der Waals surface area contributed by atoms with Gasteiger partial charge in [0.25, 0.3) is 0 Å². The molecule has 1 aliphatic heterocycles. The van der Waals surface area contributed by atoms with Crippen molar-refractivity contribution >= 4 is 11.0 Å². The zero-order valence-electron chi connectivity index (χ0n) is 18.2. The van der Waals surface area contributed by atoms with E-state index >= 15 is 0 Å². The molecule has 2 aliphatic rings. The molecule has 1 aromatic heterocycles. The van der Waals surface area contributed by atoms with E-state index in [9.17, 15) is 9.90 Å². The molecule has 0 amide bonds. The Hall–Kier alpha value is -1.63. The van der Waals surface area contributed by atoms with Gasteiger partial charge in [0.1, 0.15) is 0 Å². The molecule has 166 valence electrons. The van der Waals surface area contributed by atoms with E-state index in [1.54, 1.807) is 0 Å². The monoisotopic (exact) mass is 414 g/mol. The number of piperidine rings is 1.